The van der Waals surface area contributed by atoms with E-state index >= 15 is 0 Å². The Morgan fingerprint density at radius 1 is 0.780 bits per heavy atom. The minimum Gasteiger partial charge on any atom is -0.315 e. The summed E-state index contributed by atoms with van der Waals surface area (Å²) >= 11 is 0. The summed E-state index contributed by atoms with van der Waals surface area (Å²) in [6.07, 6.45) is 14.5. The van der Waals surface area contributed by atoms with E-state index in [1.807, 2.05) is 6.07 Å². The molecule has 0 amide bonds. The summed E-state index contributed by atoms with van der Waals surface area (Å²) in [6, 6.07) is 18.4. The van der Waals surface area contributed by atoms with Crippen molar-refractivity contribution in [2.45, 2.75) is 117 Å². The minimum absolute atomic E-state index is 0.161. The zero-order valence-electron chi connectivity index (χ0n) is 25.7. The first-order valence-electron chi connectivity index (χ1n) is 15.4. The largest absolute Gasteiger partial charge is 0.466 e. The normalized spacial score (nSPS) is 14.4. The zero-order chi connectivity index (χ0) is 30.8. The van der Waals surface area contributed by atoms with E-state index in [4.69, 9.17) is 19.2 Å². The molecule has 2 aromatic rings. The Labute approximate surface area is 247 Å². The molecule has 0 radical (unpaired) electrons. The molecule has 0 saturated heterocycles. The van der Waals surface area contributed by atoms with Gasteiger partial charge in [0.25, 0.3) is 5.69 Å². The number of unbranched alkanes of at least 4 members (excludes halogenated alkanes) is 5. The molecule has 2 atom stereocenters. The fraction of sp³-hybridized carbons (Fsp3) is 0.625. The van der Waals surface area contributed by atoms with Crippen LogP contribution in [0.3, 0.4) is 0 Å². The fourth-order valence-electron chi connectivity index (χ4n) is 6.42. The number of hydrogen-bond acceptors (Lipinski definition) is 3. The van der Waals surface area contributed by atoms with Crippen molar-refractivity contribution < 1.29 is 28.7 Å². The quantitative estimate of drug-likeness (QED) is 0.0495. The van der Waals surface area contributed by atoms with Crippen LogP contribution in [0.5, 0.6) is 0 Å². The Bertz CT molecular complexity index is 1040. The number of aryl methyl sites for hydroxylation is 1. The number of quaternary nitrogens is 1. The summed E-state index contributed by atoms with van der Waals surface area (Å²) in [5.41, 5.74) is 2.89. The van der Waals surface area contributed by atoms with Crippen molar-refractivity contribution in [3.8, 4) is 0 Å². The van der Waals surface area contributed by atoms with Crippen LogP contribution >= 0.6 is 7.82 Å². The fourth-order valence-corrected chi connectivity index (χ4v) is 6.42. The molecule has 9 heteroatoms. The standard InChI is InChI=1S/C32H51N2O2.H3O4P/c1-5-9-10-11-12-16-26-34(25-7-3,28-30-18-14-13-15-19-30)32(8-4,23-6-2)24-22-29-20-17-21-31(27-29)33(35)36;1-5(2,3)4/h13-15,17-21,27H,5-12,16,22-26,28H2,1-4H3;(H3,1,2,3,4)/q+1;. The van der Waals surface area contributed by atoms with Crippen molar-refractivity contribution in [2.75, 3.05) is 13.1 Å². The number of phosphoric acid groups is 1. The average molecular weight is 594 g/mol. The van der Waals surface area contributed by atoms with Gasteiger partial charge in [-0.25, -0.2) is 4.57 Å². The van der Waals surface area contributed by atoms with Gasteiger partial charge < -0.3 is 19.2 Å². The number of hydrogen-bond donors (Lipinski definition) is 3. The predicted octanol–water partition coefficient (Wildman–Crippen LogP) is 8.34. The van der Waals surface area contributed by atoms with E-state index in [1.54, 1.807) is 12.1 Å². The highest BCUT2D eigenvalue weighted by atomic mass is 31.2. The van der Waals surface area contributed by atoms with Crippen molar-refractivity contribution in [2.24, 2.45) is 0 Å². The first kappa shape index (κ1) is 36.9. The van der Waals surface area contributed by atoms with E-state index in [2.05, 4.69) is 64.1 Å². The van der Waals surface area contributed by atoms with Gasteiger partial charge in [-0.3, -0.25) is 10.1 Å². The molecule has 2 unspecified atom stereocenters. The van der Waals surface area contributed by atoms with Gasteiger partial charge in [0.05, 0.1) is 23.6 Å². The number of nitro groups is 1. The van der Waals surface area contributed by atoms with Crippen molar-refractivity contribution >= 4 is 13.5 Å². The van der Waals surface area contributed by atoms with Crippen LogP contribution in [-0.2, 0) is 17.5 Å². The molecule has 0 aliphatic rings. The molecule has 0 spiro atoms. The SMILES string of the molecule is CCCCCCCC[N+](CCC)(Cc1ccccc1)C(CC)(CCC)CCc1cccc([N+](=O)[O-])c1.O=P(O)(O)O. The molecule has 0 fully saturated rings. The van der Waals surface area contributed by atoms with E-state index in [-0.39, 0.29) is 16.1 Å². The third-order valence-electron chi connectivity index (χ3n) is 8.30. The van der Waals surface area contributed by atoms with Crippen molar-refractivity contribution in [1.29, 1.82) is 0 Å². The molecule has 2 rings (SSSR count). The van der Waals surface area contributed by atoms with E-state index in [9.17, 15) is 10.1 Å². The van der Waals surface area contributed by atoms with E-state index in [0.29, 0.717) is 0 Å². The Hall–Kier alpha value is -2.09. The number of nitro benzene ring substituents is 1. The molecule has 41 heavy (non-hydrogen) atoms. The first-order chi connectivity index (χ1) is 19.5. The zero-order valence-corrected chi connectivity index (χ0v) is 26.6. The average Bonchev–Trinajstić information content (AvgIpc) is 2.93. The summed E-state index contributed by atoms with van der Waals surface area (Å²) < 4.78 is 10.0. The molecule has 0 aromatic heterocycles. The second-order valence-electron chi connectivity index (χ2n) is 11.3. The van der Waals surface area contributed by atoms with Gasteiger partial charge in [-0.1, -0.05) is 102 Å². The minimum atomic E-state index is -4.64. The lowest BCUT2D eigenvalue weighted by atomic mass is 9.79. The van der Waals surface area contributed by atoms with Gasteiger partial charge in [-0.15, -0.1) is 0 Å². The summed E-state index contributed by atoms with van der Waals surface area (Å²) in [7, 11) is -4.64. The maximum absolute atomic E-state index is 11.4. The number of rotatable bonds is 19. The van der Waals surface area contributed by atoms with Crippen LogP contribution in [0.4, 0.5) is 5.69 Å². The maximum atomic E-state index is 11.4. The predicted molar refractivity (Wildman–Crippen MR) is 167 cm³/mol. The molecule has 2 aromatic carbocycles. The highest BCUT2D eigenvalue weighted by Crippen LogP contribution is 2.41. The third-order valence-corrected chi connectivity index (χ3v) is 8.30. The smallest absolute Gasteiger partial charge is 0.315 e. The molecule has 8 nitrogen and oxygen atoms in total. The molecule has 0 heterocycles. The Balaban J connectivity index is 0.00000154. The molecule has 232 valence electrons. The van der Waals surface area contributed by atoms with Crippen LogP contribution < -0.4 is 0 Å². The van der Waals surface area contributed by atoms with E-state index < -0.39 is 7.82 Å². The van der Waals surface area contributed by atoms with Crippen LogP contribution in [-0.4, -0.2) is 42.7 Å². The van der Waals surface area contributed by atoms with Crippen molar-refractivity contribution in [3.05, 3.63) is 75.8 Å². The van der Waals surface area contributed by atoms with E-state index in [0.717, 1.165) is 42.3 Å². The molecular weight excluding hydrogens is 539 g/mol. The monoisotopic (exact) mass is 593 g/mol. The van der Waals surface area contributed by atoms with Crippen LogP contribution in [0, 0.1) is 10.1 Å². The Kier molecular flexibility index (Phi) is 17.3. The van der Waals surface area contributed by atoms with Gasteiger partial charge in [0.15, 0.2) is 0 Å². The second-order valence-corrected chi connectivity index (χ2v) is 12.3. The number of nitrogens with zero attached hydrogens (tertiary/aromatic N) is 2. The molecule has 3 N–H and O–H groups in total. The van der Waals surface area contributed by atoms with Crippen LogP contribution in [0.15, 0.2) is 54.6 Å². The third kappa shape index (κ3) is 13.6. The number of benzene rings is 2. The lowest BCUT2D eigenvalue weighted by Crippen LogP contribution is -2.64. The summed E-state index contributed by atoms with van der Waals surface area (Å²) in [5.74, 6) is 0. The summed E-state index contributed by atoms with van der Waals surface area (Å²) in [6.45, 7) is 12.8. The van der Waals surface area contributed by atoms with Crippen LogP contribution in [0.1, 0.15) is 109 Å². The highest BCUT2D eigenvalue weighted by molar-refractivity contribution is 7.45. The first-order valence-corrected chi connectivity index (χ1v) is 16.9. The highest BCUT2D eigenvalue weighted by Gasteiger charge is 2.47. The van der Waals surface area contributed by atoms with Gasteiger partial charge in [-0.2, -0.15) is 0 Å². The van der Waals surface area contributed by atoms with Gasteiger partial charge in [0, 0.05) is 30.5 Å². The molecule has 0 bridgehead atoms. The molecular formula is C32H54N2O6P+. The lowest BCUT2D eigenvalue weighted by Gasteiger charge is -2.54. The summed E-state index contributed by atoms with van der Waals surface area (Å²) in [4.78, 5) is 32.7. The molecule has 0 aliphatic heterocycles. The Morgan fingerprint density at radius 2 is 1.39 bits per heavy atom. The van der Waals surface area contributed by atoms with Gasteiger partial charge in [-0.05, 0) is 37.7 Å². The van der Waals surface area contributed by atoms with Gasteiger partial charge in [0.2, 0.25) is 0 Å². The van der Waals surface area contributed by atoms with Crippen LogP contribution in [0.2, 0.25) is 0 Å². The van der Waals surface area contributed by atoms with Gasteiger partial charge >= 0.3 is 7.82 Å². The van der Waals surface area contributed by atoms with Gasteiger partial charge in [0.1, 0.15) is 6.54 Å². The van der Waals surface area contributed by atoms with E-state index in [1.165, 1.54) is 70.0 Å². The van der Waals surface area contributed by atoms with Crippen molar-refractivity contribution in [1.82, 2.24) is 0 Å². The number of non-ortho nitro benzene ring substituents is 1. The Morgan fingerprint density at radius 3 is 1.95 bits per heavy atom. The maximum Gasteiger partial charge on any atom is 0.466 e. The van der Waals surface area contributed by atoms with Crippen LogP contribution in [0.25, 0.3) is 0 Å². The molecule has 0 saturated carbocycles. The summed E-state index contributed by atoms with van der Waals surface area (Å²) in [5, 5.41) is 11.4. The molecule has 0 aliphatic carbocycles. The second kappa shape index (κ2) is 19.2. The van der Waals surface area contributed by atoms with Crippen molar-refractivity contribution in [3.63, 3.8) is 0 Å². The lowest BCUT2D eigenvalue weighted by molar-refractivity contribution is -0.990. The topological polar surface area (TPSA) is 121 Å².